The molecule has 0 aliphatic carbocycles. The number of aryl methyl sites for hydroxylation is 3. The molecule has 0 radical (unpaired) electrons. The molecule has 4 aromatic rings. The molecule has 4 heteroatoms. The Kier molecular flexibility index (Phi) is 9.33. The molecule has 4 aromatic carbocycles. The van der Waals surface area contributed by atoms with Gasteiger partial charge in [0.05, 0.1) is 0 Å². The van der Waals surface area contributed by atoms with Crippen molar-refractivity contribution in [3.63, 3.8) is 0 Å². The molecule has 0 aliphatic heterocycles. The van der Waals surface area contributed by atoms with Crippen molar-refractivity contribution >= 4 is 16.2 Å². The second-order valence-corrected chi connectivity index (χ2v) is 17.6. The van der Waals surface area contributed by atoms with Crippen molar-refractivity contribution in [3.05, 3.63) is 94.0 Å². The SMILES string of the molecule is C[Si](C)=[Zr+2].Cc1[cH-]c(C)c(C)c1C.Cc1[cH-]c2c(F)cc(F)cc2c1-c1ccccc1. The average molecular weight is 512 g/mol. The number of hydrogen-bond donors (Lipinski definition) is 0. The van der Waals surface area contributed by atoms with Gasteiger partial charge in [0.1, 0.15) is 5.82 Å². The maximum atomic E-state index is 13.7. The van der Waals surface area contributed by atoms with E-state index in [1.165, 1.54) is 28.3 Å². The predicted octanol–water partition coefficient (Wildman–Crippen LogP) is 8.24. The first-order valence-corrected chi connectivity index (χ1v) is 16.5. The Balaban J connectivity index is 0.000000220. The summed E-state index contributed by atoms with van der Waals surface area (Å²) in [5.41, 5.74) is 8.80. The van der Waals surface area contributed by atoms with Gasteiger partial charge in [-0.3, -0.25) is 4.39 Å². The van der Waals surface area contributed by atoms with Crippen molar-refractivity contribution in [1.29, 1.82) is 0 Å². The van der Waals surface area contributed by atoms with E-state index in [9.17, 15) is 8.78 Å². The van der Waals surface area contributed by atoms with Gasteiger partial charge < -0.3 is 0 Å². The van der Waals surface area contributed by atoms with Gasteiger partial charge in [-0.2, -0.15) is 28.3 Å². The van der Waals surface area contributed by atoms with E-state index in [-0.39, 0.29) is 5.43 Å². The quantitative estimate of drug-likeness (QED) is 0.178. The van der Waals surface area contributed by atoms with Crippen molar-refractivity contribution in [3.8, 4) is 11.1 Å². The monoisotopic (exact) mass is 510 g/mol. The Hall–Kier alpha value is -1.64. The molecule has 160 valence electrons. The van der Waals surface area contributed by atoms with Crippen LogP contribution in [0, 0.1) is 46.3 Å². The zero-order valence-corrected chi connectivity index (χ0v) is 22.9. The fraction of sp³-hybridized carbons (Fsp3) is 0.259. The van der Waals surface area contributed by atoms with Crippen LogP contribution in [-0.2, 0) is 23.3 Å². The van der Waals surface area contributed by atoms with Crippen LogP contribution in [0.25, 0.3) is 21.9 Å². The minimum absolute atomic E-state index is 0.210. The third kappa shape index (κ3) is 6.67. The molecule has 0 spiro atoms. The Labute approximate surface area is 200 Å². The van der Waals surface area contributed by atoms with Gasteiger partial charge in [0.15, 0.2) is 0 Å². The summed E-state index contributed by atoms with van der Waals surface area (Å²) in [6.45, 7) is 15.2. The van der Waals surface area contributed by atoms with Gasteiger partial charge in [-0.15, -0.1) is 28.0 Å². The molecule has 0 fully saturated rings. The summed E-state index contributed by atoms with van der Waals surface area (Å²) in [4.78, 5) is 0. The van der Waals surface area contributed by atoms with E-state index in [1.807, 2.05) is 37.3 Å². The van der Waals surface area contributed by atoms with Gasteiger partial charge in [0.25, 0.3) is 0 Å². The van der Waals surface area contributed by atoms with Gasteiger partial charge in [-0.1, -0.05) is 76.6 Å². The van der Waals surface area contributed by atoms with Crippen molar-refractivity contribution in [2.24, 2.45) is 0 Å². The van der Waals surface area contributed by atoms with E-state index in [1.54, 1.807) is 29.4 Å². The van der Waals surface area contributed by atoms with Crippen LogP contribution in [0.15, 0.2) is 54.6 Å². The second-order valence-electron chi connectivity index (χ2n) is 8.18. The molecule has 0 heterocycles. The summed E-state index contributed by atoms with van der Waals surface area (Å²) in [5, 5.41) is 1.11. The Morgan fingerprint density at radius 1 is 0.774 bits per heavy atom. The van der Waals surface area contributed by atoms with Crippen LogP contribution in [0.2, 0.25) is 13.1 Å². The summed E-state index contributed by atoms with van der Waals surface area (Å²) in [6.07, 6.45) is 0. The van der Waals surface area contributed by atoms with Gasteiger partial charge in [-0.25, -0.2) is 4.39 Å². The Morgan fingerprint density at radius 3 is 1.74 bits per heavy atom. The first kappa shape index (κ1) is 25.6. The minimum Gasteiger partial charge on any atom is -0.265 e. The first-order valence-electron chi connectivity index (χ1n) is 10.3. The molecule has 0 aliphatic rings. The second kappa shape index (κ2) is 11.3. The molecule has 0 saturated heterocycles. The summed E-state index contributed by atoms with van der Waals surface area (Å²) >= 11 is 1.74. The van der Waals surface area contributed by atoms with Crippen LogP contribution < -0.4 is 0 Å². The van der Waals surface area contributed by atoms with Gasteiger partial charge >= 0.3 is 41.9 Å². The van der Waals surface area contributed by atoms with E-state index in [0.29, 0.717) is 10.8 Å². The summed E-state index contributed by atoms with van der Waals surface area (Å²) in [6, 6.07) is 16.0. The molecule has 0 nitrogen and oxygen atoms in total. The fourth-order valence-corrected chi connectivity index (χ4v) is 3.56. The van der Waals surface area contributed by atoms with Crippen LogP contribution in [0.4, 0.5) is 8.78 Å². The molecule has 0 aromatic heterocycles. The molecule has 0 amide bonds. The molecule has 0 bridgehead atoms. The van der Waals surface area contributed by atoms with E-state index in [0.717, 1.165) is 22.8 Å². The van der Waals surface area contributed by atoms with E-state index >= 15 is 0 Å². The van der Waals surface area contributed by atoms with Crippen LogP contribution in [0.5, 0.6) is 0 Å². The van der Waals surface area contributed by atoms with Crippen molar-refractivity contribution in [1.82, 2.24) is 0 Å². The molecule has 4 rings (SSSR count). The normalized spacial score (nSPS) is 10.3. The van der Waals surface area contributed by atoms with Crippen LogP contribution in [0.1, 0.15) is 27.8 Å². The number of halogens is 2. The third-order valence-electron chi connectivity index (χ3n) is 5.36. The molecular weight excluding hydrogens is 482 g/mol. The standard InChI is InChI=1S/C16H11F2.C9H13.C2H6Si.Zr/c1-10-7-13-14(8-12(17)9-15(13)18)16(10)11-5-3-2-4-6-11;1-6-5-7(2)9(4)8(6)3;1-3-2;/h2-9H,1H3;5H,1-4H3;1-2H3;/q2*-1;;+2. The van der Waals surface area contributed by atoms with Crippen LogP contribution >= 0.6 is 0 Å². The molecule has 0 atom stereocenters. The fourth-order valence-electron chi connectivity index (χ4n) is 3.56. The topological polar surface area (TPSA) is 0 Å². The van der Waals surface area contributed by atoms with Crippen molar-refractivity contribution in [2.45, 2.75) is 47.7 Å². The largest absolute Gasteiger partial charge is 0.265 e. The number of benzene rings is 2. The zero-order chi connectivity index (χ0) is 23.3. The third-order valence-corrected chi connectivity index (χ3v) is 5.36. The molecule has 31 heavy (non-hydrogen) atoms. The average Bonchev–Trinajstić information content (AvgIpc) is 3.13. The van der Waals surface area contributed by atoms with Gasteiger partial charge in [-0.05, 0) is 6.07 Å². The molecule has 0 unspecified atom stereocenters. The molecule has 0 saturated carbocycles. The maximum absolute atomic E-state index is 13.7. The van der Waals surface area contributed by atoms with E-state index < -0.39 is 11.6 Å². The smallest absolute Gasteiger partial charge is 0.107 e. The van der Waals surface area contributed by atoms with Crippen molar-refractivity contribution < 1.29 is 32.1 Å². The minimum atomic E-state index is -0.539. The Morgan fingerprint density at radius 2 is 1.29 bits per heavy atom. The maximum Gasteiger partial charge on any atom is 0.107 e. The van der Waals surface area contributed by atoms with E-state index in [2.05, 4.69) is 46.9 Å². The Bertz CT molecular complexity index is 1160. The van der Waals surface area contributed by atoms with Gasteiger partial charge in [0, 0.05) is 5.82 Å². The zero-order valence-electron chi connectivity index (χ0n) is 19.5. The van der Waals surface area contributed by atoms with E-state index in [4.69, 9.17) is 0 Å². The molecular formula is C27H30F2SiZr. The first-order chi connectivity index (χ1) is 14.5. The summed E-state index contributed by atoms with van der Waals surface area (Å²) < 4.78 is 27.1. The van der Waals surface area contributed by atoms with Crippen LogP contribution in [0.3, 0.4) is 0 Å². The van der Waals surface area contributed by atoms with Crippen LogP contribution in [-0.4, -0.2) is 5.43 Å². The number of hydrogen-bond acceptors (Lipinski definition) is 0. The van der Waals surface area contributed by atoms with Gasteiger partial charge in [0.2, 0.25) is 0 Å². The predicted molar refractivity (Wildman–Crippen MR) is 128 cm³/mol. The molecule has 0 N–H and O–H groups in total. The number of rotatable bonds is 1. The summed E-state index contributed by atoms with van der Waals surface area (Å²) in [5.74, 6) is -1.04. The number of fused-ring (bicyclic) bond motifs is 1. The summed E-state index contributed by atoms with van der Waals surface area (Å²) in [7, 11) is 0. The van der Waals surface area contributed by atoms with Crippen molar-refractivity contribution in [2.75, 3.05) is 0 Å².